The Balaban J connectivity index is 2.84. The molecular weight excluding hydrogens is 360 g/mol. The van der Waals surface area contributed by atoms with E-state index in [0.29, 0.717) is 33.0 Å². The summed E-state index contributed by atoms with van der Waals surface area (Å²) in [6, 6.07) is 0. The highest BCUT2D eigenvalue weighted by atomic mass is 16.7. The highest BCUT2D eigenvalue weighted by Gasteiger charge is 2.47. The smallest absolute Gasteiger partial charge is 0.184 e. The molecule has 168 valence electrons. The molecule has 0 unspecified atom stereocenters. The second kappa shape index (κ2) is 16.5. The van der Waals surface area contributed by atoms with E-state index in [2.05, 4.69) is 27.7 Å². The first-order valence-electron chi connectivity index (χ1n) is 11.5. The van der Waals surface area contributed by atoms with E-state index in [4.69, 9.17) is 23.7 Å². The molecule has 0 aromatic rings. The van der Waals surface area contributed by atoms with E-state index in [1.54, 1.807) is 0 Å². The van der Waals surface area contributed by atoms with Crippen LogP contribution in [0, 0.1) is 0 Å². The molecular formula is C22H44O6. The molecule has 1 rings (SSSR count). The Morgan fingerprint density at radius 3 is 1.64 bits per heavy atom. The number of hydrogen-bond acceptors (Lipinski definition) is 6. The number of rotatable bonds is 17. The molecule has 6 heteroatoms. The van der Waals surface area contributed by atoms with Crippen LogP contribution in [0.2, 0.25) is 0 Å². The van der Waals surface area contributed by atoms with Gasteiger partial charge in [-0.2, -0.15) is 0 Å². The third kappa shape index (κ3) is 9.51. The Bertz CT molecular complexity index is 354. The van der Waals surface area contributed by atoms with Gasteiger partial charge in [0.25, 0.3) is 0 Å². The Kier molecular flexibility index (Phi) is 15.2. The summed E-state index contributed by atoms with van der Waals surface area (Å²) < 4.78 is 30.1. The molecule has 6 nitrogen and oxygen atoms in total. The van der Waals surface area contributed by atoms with Crippen molar-refractivity contribution in [3.8, 4) is 0 Å². The lowest BCUT2D eigenvalue weighted by Gasteiger charge is -2.44. The second-order valence-electron chi connectivity index (χ2n) is 7.56. The van der Waals surface area contributed by atoms with E-state index >= 15 is 0 Å². The molecule has 1 saturated heterocycles. The van der Waals surface area contributed by atoms with Crippen molar-refractivity contribution in [2.45, 2.75) is 110 Å². The minimum atomic E-state index is -1.03. The average molecular weight is 405 g/mol. The zero-order valence-corrected chi connectivity index (χ0v) is 18.6. The van der Waals surface area contributed by atoms with Crippen LogP contribution in [-0.2, 0) is 23.7 Å². The van der Waals surface area contributed by atoms with Gasteiger partial charge in [0, 0.05) is 26.4 Å². The molecule has 0 radical (unpaired) electrons. The Morgan fingerprint density at radius 1 is 0.643 bits per heavy atom. The number of ether oxygens (including phenoxy) is 5. The first-order chi connectivity index (χ1) is 13.7. The molecule has 5 atom stereocenters. The first kappa shape index (κ1) is 25.8. The molecule has 1 N–H and O–H groups in total. The van der Waals surface area contributed by atoms with Gasteiger partial charge in [0.15, 0.2) is 6.29 Å². The number of aliphatic hydroxyl groups excluding tert-OH is 1. The highest BCUT2D eigenvalue weighted by molar-refractivity contribution is 4.92. The lowest BCUT2D eigenvalue weighted by Crippen LogP contribution is -2.61. The normalized spacial score (nSPS) is 28.0. The van der Waals surface area contributed by atoms with Crippen LogP contribution in [0.25, 0.3) is 0 Å². The van der Waals surface area contributed by atoms with E-state index in [1.807, 2.05) is 0 Å². The Labute approximate surface area is 172 Å². The maximum absolute atomic E-state index is 10.6. The Hall–Kier alpha value is -0.240. The van der Waals surface area contributed by atoms with Gasteiger partial charge in [-0.3, -0.25) is 0 Å². The monoisotopic (exact) mass is 404 g/mol. The topological polar surface area (TPSA) is 66.4 Å². The van der Waals surface area contributed by atoms with Crippen LogP contribution >= 0.6 is 0 Å². The van der Waals surface area contributed by atoms with E-state index in [0.717, 1.165) is 51.4 Å². The number of hydrogen-bond donors (Lipinski definition) is 1. The van der Waals surface area contributed by atoms with Gasteiger partial charge < -0.3 is 28.8 Å². The maximum atomic E-state index is 10.6. The summed E-state index contributed by atoms with van der Waals surface area (Å²) in [6.07, 6.45) is 5.53. The minimum absolute atomic E-state index is 0.306. The van der Waals surface area contributed by atoms with Crippen molar-refractivity contribution in [1.29, 1.82) is 0 Å². The van der Waals surface area contributed by atoms with Gasteiger partial charge in [-0.25, -0.2) is 0 Å². The van der Waals surface area contributed by atoms with Crippen molar-refractivity contribution in [3.63, 3.8) is 0 Å². The largest absolute Gasteiger partial charge is 0.379 e. The van der Waals surface area contributed by atoms with E-state index < -0.39 is 12.4 Å². The fourth-order valence-corrected chi connectivity index (χ4v) is 3.13. The van der Waals surface area contributed by atoms with Gasteiger partial charge in [-0.15, -0.1) is 0 Å². The van der Waals surface area contributed by atoms with Gasteiger partial charge >= 0.3 is 0 Å². The van der Waals surface area contributed by atoms with E-state index in [-0.39, 0.29) is 18.3 Å². The molecule has 0 bridgehead atoms. The molecule has 1 aliphatic heterocycles. The van der Waals surface area contributed by atoms with Gasteiger partial charge in [-0.05, 0) is 25.7 Å². The molecule has 0 aliphatic carbocycles. The SMILES string of the molecule is CCCCOC[C@H]1O[C@@H](O)[C@H](OCCCC)[C@@H](OCCCC)[C@@H]1OCCCC. The fourth-order valence-electron chi connectivity index (χ4n) is 3.13. The van der Waals surface area contributed by atoms with Gasteiger partial charge in [0.2, 0.25) is 0 Å². The lowest BCUT2D eigenvalue weighted by atomic mass is 9.98. The molecule has 0 amide bonds. The van der Waals surface area contributed by atoms with Crippen LogP contribution in [-0.4, -0.2) is 68.8 Å². The Morgan fingerprint density at radius 2 is 1.11 bits per heavy atom. The summed E-state index contributed by atoms with van der Waals surface area (Å²) in [5.41, 5.74) is 0. The number of aliphatic hydroxyl groups is 1. The van der Waals surface area contributed by atoms with Crippen LogP contribution in [0.1, 0.15) is 79.1 Å². The summed E-state index contributed by atoms with van der Waals surface area (Å²) in [5, 5.41) is 10.6. The van der Waals surface area contributed by atoms with Crippen molar-refractivity contribution in [2.24, 2.45) is 0 Å². The third-order valence-electron chi connectivity index (χ3n) is 4.96. The van der Waals surface area contributed by atoms with Gasteiger partial charge in [0.05, 0.1) is 6.61 Å². The summed E-state index contributed by atoms with van der Waals surface area (Å²) in [5.74, 6) is 0. The maximum Gasteiger partial charge on any atom is 0.184 e. The van der Waals surface area contributed by atoms with Gasteiger partial charge in [-0.1, -0.05) is 53.4 Å². The molecule has 0 saturated carbocycles. The van der Waals surface area contributed by atoms with Crippen LogP contribution in [0.5, 0.6) is 0 Å². The molecule has 1 fully saturated rings. The molecule has 1 heterocycles. The molecule has 0 aromatic carbocycles. The van der Waals surface area contributed by atoms with Crippen molar-refractivity contribution in [2.75, 3.05) is 33.0 Å². The molecule has 1 aliphatic rings. The minimum Gasteiger partial charge on any atom is -0.379 e. The molecule has 0 spiro atoms. The first-order valence-corrected chi connectivity index (χ1v) is 11.5. The van der Waals surface area contributed by atoms with Crippen molar-refractivity contribution < 1.29 is 28.8 Å². The molecule has 0 aromatic heterocycles. The number of unbranched alkanes of at least 4 members (excludes halogenated alkanes) is 4. The van der Waals surface area contributed by atoms with Gasteiger partial charge in [0.1, 0.15) is 24.4 Å². The fraction of sp³-hybridized carbons (Fsp3) is 1.00. The summed E-state index contributed by atoms with van der Waals surface area (Å²) in [4.78, 5) is 0. The van der Waals surface area contributed by atoms with Crippen LogP contribution in [0.15, 0.2) is 0 Å². The quantitative estimate of drug-likeness (QED) is 0.369. The zero-order valence-electron chi connectivity index (χ0n) is 18.6. The van der Waals surface area contributed by atoms with Crippen LogP contribution < -0.4 is 0 Å². The van der Waals surface area contributed by atoms with E-state index in [9.17, 15) is 5.11 Å². The lowest BCUT2D eigenvalue weighted by molar-refractivity contribution is -0.312. The van der Waals surface area contributed by atoms with Crippen molar-refractivity contribution in [1.82, 2.24) is 0 Å². The van der Waals surface area contributed by atoms with Crippen LogP contribution in [0.3, 0.4) is 0 Å². The standard InChI is InChI=1S/C22H44O6/c1-5-9-13-24-17-18-19(25-14-10-6-2)20(26-15-11-7-3)21(22(23)28-18)27-16-12-8-4/h18-23H,5-17H2,1-4H3/t18-,19-,20+,21-,22-/m1/s1. The predicted molar refractivity (Wildman–Crippen MR) is 111 cm³/mol. The highest BCUT2D eigenvalue weighted by Crippen LogP contribution is 2.28. The zero-order chi connectivity index (χ0) is 20.6. The molecule has 28 heavy (non-hydrogen) atoms. The predicted octanol–water partition coefficient (Wildman–Crippen LogP) is 4.08. The second-order valence-corrected chi connectivity index (χ2v) is 7.56. The van der Waals surface area contributed by atoms with E-state index in [1.165, 1.54) is 0 Å². The summed E-state index contributed by atoms with van der Waals surface area (Å²) in [6.45, 7) is 11.5. The van der Waals surface area contributed by atoms with Crippen molar-refractivity contribution in [3.05, 3.63) is 0 Å². The summed E-state index contributed by atoms with van der Waals surface area (Å²) >= 11 is 0. The third-order valence-corrected chi connectivity index (χ3v) is 4.96. The average Bonchev–Trinajstić information content (AvgIpc) is 2.69. The summed E-state index contributed by atoms with van der Waals surface area (Å²) in [7, 11) is 0. The van der Waals surface area contributed by atoms with Crippen molar-refractivity contribution >= 4 is 0 Å². The van der Waals surface area contributed by atoms with Crippen LogP contribution in [0.4, 0.5) is 0 Å².